The largest absolute Gasteiger partial charge is 0.377 e. The summed E-state index contributed by atoms with van der Waals surface area (Å²) in [5.74, 6) is -0.557. The molecule has 0 aliphatic heterocycles. The molecule has 0 aliphatic carbocycles. The molecule has 0 unspecified atom stereocenters. The second-order valence-electron chi connectivity index (χ2n) is 4.36. The summed E-state index contributed by atoms with van der Waals surface area (Å²) < 4.78 is 18.6. The summed E-state index contributed by atoms with van der Waals surface area (Å²) in [6.07, 6.45) is 0. The van der Waals surface area contributed by atoms with Crippen molar-refractivity contribution in [2.45, 2.75) is 19.4 Å². The summed E-state index contributed by atoms with van der Waals surface area (Å²) in [7, 11) is 1.54. The Hall–Kier alpha value is -1.21. The Kier molecular flexibility index (Phi) is 4.64. The van der Waals surface area contributed by atoms with E-state index in [0.29, 0.717) is 6.54 Å². The Bertz CT molecular complexity index is 466. The van der Waals surface area contributed by atoms with E-state index in [9.17, 15) is 14.5 Å². The minimum Gasteiger partial charge on any atom is -0.377 e. The van der Waals surface area contributed by atoms with E-state index in [1.165, 1.54) is 7.11 Å². The van der Waals surface area contributed by atoms with Crippen LogP contribution in [0.15, 0.2) is 16.6 Å². The van der Waals surface area contributed by atoms with Crippen LogP contribution in [0.5, 0.6) is 0 Å². The number of methoxy groups -OCH3 is 1. The van der Waals surface area contributed by atoms with Gasteiger partial charge in [-0.15, -0.1) is 0 Å². The van der Waals surface area contributed by atoms with Gasteiger partial charge in [-0.1, -0.05) is 0 Å². The lowest BCUT2D eigenvalue weighted by molar-refractivity contribution is -0.384. The van der Waals surface area contributed by atoms with Gasteiger partial charge in [0.2, 0.25) is 0 Å². The third kappa shape index (κ3) is 3.64. The molecule has 7 heteroatoms. The summed E-state index contributed by atoms with van der Waals surface area (Å²) in [5.41, 5.74) is -0.557. The van der Waals surface area contributed by atoms with Gasteiger partial charge in [0.05, 0.1) is 15.0 Å². The number of ether oxygens (including phenoxy) is 1. The molecule has 0 saturated carbocycles. The standard InChI is InChI=1S/C11H14BrFN2O3/c1-11(2,18-3)6-14-9-5-8(13)7(12)4-10(9)15(16)17/h4-5,14H,6H2,1-3H3. The van der Waals surface area contributed by atoms with Crippen LogP contribution in [0.25, 0.3) is 0 Å². The number of nitrogens with one attached hydrogen (secondary N) is 1. The number of nitro benzene ring substituents is 1. The maximum Gasteiger partial charge on any atom is 0.293 e. The predicted molar refractivity (Wildman–Crippen MR) is 70.3 cm³/mol. The topological polar surface area (TPSA) is 64.4 Å². The van der Waals surface area contributed by atoms with E-state index < -0.39 is 16.3 Å². The molecule has 0 fully saturated rings. The van der Waals surface area contributed by atoms with Crippen molar-refractivity contribution >= 4 is 27.3 Å². The Balaban J connectivity index is 3.01. The van der Waals surface area contributed by atoms with Crippen LogP contribution < -0.4 is 5.32 Å². The molecule has 0 heterocycles. The maximum atomic E-state index is 13.4. The molecule has 100 valence electrons. The Morgan fingerprint density at radius 2 is 2.17 bits per heavy atom. The van der Waals surface area contributed by atoms with Crippen LogP contribution in [-0.4, -0.2) is 24.2 Å². The molecule has 1 aromatic rings. The highest BCUT2D eigenvalue weighted by atomic mass is 79.9. The lowest BCUT2D eigenvalue weighted by atomic mass is 10.1. The zero-order valence-electron chi connectivity index (χ0n) is 10.3. The molecule has 0 bridgehead atoms. The second-order valence-corrected chi connectivity index (χ2v) is 5.21. The van der Waals surface area contributed by atoms with Crippen LogP contribution in [-0.2, 0) is 4.74 Å². The molecule has 18 heavy (non-hydrogen) atoms. The zero-order chi connectivity index (χ0) is 13.9. The summed E-state index contributed by atoms with van der Waals surface area (Å²) in [5, 5.41) is 13.7. The molecule has 0 amide bonds. The molecular weight excluding hydrogens is 307 g/mol. The van der Waals surface area contributed by atoms with Crippen molar-refractivity contribution in [3.05, 3.63) is 32.5 Å². The molecule has 0 atom stereocenters. The van der Waals surface area contributed by atoms with Crippen LogP contribution >= 0.6 is 15.9 Å². The van der Waals surface area contributed by atoms with E-state index in [-0.39, 0.29) is 15.8 Å². The quantitative estimate of drug-likeness (QED) is 0.667. The van der Waals surface area contributed by atoms with Crippen LogP contribution in [0.3, 0.4) is 0 Å². The van der Waals surface area contributed by atoms with Crippen molar-refractivity contribution in [2.75, 3.05) is 19.0 Å². The van der Waals surface area contributed by atoms with Crippen molar-refractivity contribution in [3.8, 4) is 0 Å². The fraction of sp³-hybridized carbons (Fsp3) is 0.455. The molecule has 0 spiro atoms. The summed E-state index contributed by atoms with van der Waals surface area (Å²) in [4.78, 5) is 10.3. The minimum absolute atomic E-state index is 0.0609. The van der Waals surface area contributed by atoms with Crippen LogP contribution in [0.4, 0.5) is 15.8 Å². The average Bonchev–Trinajstić information content (AvgIpc) is 2.30. The minimum atomic E-state index is -0.563. The first kappa shape index (κ1) is 14.8. The van der Waals surface area contributed by atoms with Gasteiger partial charge in [0, 0.05) is 25.8 Å². The molecule has 1 aromatic carbocycles. The van der Waals surface area contributed by atoms with Crippen molar-refractivity contribution in [1.29, 1.82) is 0 Å². The van der Waals surface area contributed by atoms with E-state index in [2.05, 4.69) is 21.2 Å². The third-order valence-electron chi connectivity index (χ3n) is 2.49. The number of halogens is 2. The first-order valence-corrected chi connectivity index (χ1v) is 5.98. The molecule has 0 radical (unpaired) electrons. The number of hydrogen-bond acceptors (Lipinski definition) is 4. The van der Waals surface area contributed by atoms with Gasteiger partial charge in [0.15, 0.2) is 0 Å². The predicted octanol–water partition coefficient (Wildman–Crippen LogP) is 3.33. The van der Waals surface area contributed by atoms with E-state index in [0.717, 1.165) is 12.1 Å². The van der Waals surface area contributed by atoms with Gasteiger partial charge in [-0.2, -0.15) is 0 Å². The number of anilines is 1. The maximum absolute atomic E-state index is 13.4. The van der Waals surface area contributed by atoms with Gasteiger partial charge in [0.25, 0.3) is 5.69 Å². The molecule has 5 nitrogen and oxygen atoms in total. The zero-order valence-corrected chi connectivity index (χ0v) is 11.9. The third-order valence-corrected chi connectivity index (χ3v) is 3.10. The number of nitro groups is 1. The first-order valence-electron chi connectivity index (χ1n) is 5.19. The highest BCUT2D eigenvalue weighted by Gasteiger charge is 2.21. The molecular formula is C11H14BrFN2O3. The molecule has 1 N–H and O–H groups in total. The van der Waals surface area contributed by atoms with Gasteiger partial charge < -0.3 is 10.1 Å². The van der Waals surface area contributed by atoms with Crippen molar-refractivity contribution in [2.24, 2.45) is 0 Å². The number of hydrogen-bond donors (Lipinski definition) is 1. The molecule has 0 saturated heterocycles. The summed E-state index contributed by atoms with van der Waals surface area (Å²) in [6, 6.07) is 2.23. The Morgan fingerprint density at radius 3 is 2.67 bits per heavy atom. The second kappa shape index (κ2) is 5.62. The van der Waals surface area contributed by atoms with Crippen LogP contribution in [0, 0.1) is 15.9 Å². The highest BCUT2D eigenvalue weighted by Crippen LogP contribution is 2.30. The summed E-state index contributed by atoms with van der Waals surface area (Å²) in [6.45, 7) is 3.97. The van der Waals surface area contributed by atoms with Gasteiger partial charge >= 0.3 is 0 Å². The van der Waals surface area contributed by atoms with Gasteiger partial charge in [0.1, 0.15) is 11.5 Å². The molecule has 0 aromatic heterocycles. The van der Waals surface area contributed by atoms with E-state index in [1.54, 1.807) is 0 Å². The van der Waals surface area contributed by atoms with Crippen molar-refractivity contribution in [1.82, 2.24) is 0 Å². The SMILES string of the molecule is COC(C)(C)CNc1cc(F)c(Br)cc1[N+](=O)[O-]. The molecule has 1 rings (SSSR count). The van der Waals surface area contributed by atoms with Gasteiger partial charge in [-0.25, -0.2) is 4.39 Å². The first-order chi connectivity index (χ1) is 8.26. The Labute approximate surface area is 113 Å². The molecule has 0 aliphatic rings. The monoisotopic (exact) mass is 320 g/mol. The fourth-order valence-electron chi connectivity index (χ4n) is 1.21. The lowest BCUT2D eigenvalue weighted by Crippen LogP contribution is -2.32. The highest BCUT2D eigenvalue weighted by molar-refractivity contribution is 9.10. The van der Waals surface area contributed by atoms with Crippen LogP contribution in [0.2, 0.25) is 0 Å². The van der Waals surface area contributed by atoms with Gasteiger partial charge in [-0.3, -0.25) is 10.1 Å². The average molecular weight is 321 g/mol. The number of nitrogens with zero attached hydrogens (tertiary/aromatic N) is 1. The van der Waals surface area contributed by atoms with Crippen LogP contribution in [0.1, 0.15) is 13.8 Å². The number of rotatable bonds is 5. The normalized spacial score (nSPS) is 11.4. The Morgan fingerprint density at radius 1 is 1.56 bits per heavy atom. The van der Waals surface area contributed by atoms with E-state index >= 15 is 0 Å². The number of benzene rings is 1. The van der Waals surface area contributed by atoms with E-state index in [1.807, 2.05) is 13.8 Å². The van der Waals surface area contributed by atoms with Gasteiger partial charge in [-0.05, 0) is 29.8 Å². The fourth-order valence-corrected chi connectivity index (χ4v) is 1.54. The lowest BCUT2D eigenvalue weighted by Gasteiger charge is -2.23. The van der Waals surface area contributed by atoms with Crippen molar-refractivity contribution in [3.63, 3.8) is 0 Å². The van der Waals surface area contributed by atoms with Crippen molar-refractivity contribution < 1.29 is 14.1 Å². The summed E-state index contributed by atoms with van der Waals surface area (Å²) >= 11 is 2.92. The smallest absolute Gasteiger partial charge is 0.293 e. The van der Waals surface area contributed by atoms with E-state index in [4.69, 9.17) is 4.74 Å².